The molecular formula is C36H44N4O4. The van der Waals surface area contributed by atoms with Crippen LogP contribution in [0.2, 0.25) is 0 Å². The largest absolute Gasteiger partial charge is 0.335 e. The minimum atomic E-state index is -0.364. The summed E-state index contributed by atoms with van der Waals surface area (Å²) >= 11 is 0. The van der Waals surface area contributed by atoms with Gasteiger partial charge >= 0.3 is 0 Å². The van der Waals surface area contributed by atoms with Crippen molar-refractivity contribution in [1.29, 1.82) is 0 Å². The Morgan fingerprint density at radius 2 is 0.864 bits per heavy atom. The molecule has 0 aromatic heterocycles. The molecule has 0 saturated heterocycles. The highest BCUT2D eigenvalue weighted by atomic mass is 16.2. The molecule has 0 atom stereocenters. The third-order valence-corrected chi connectivity index (χ3v) is 6.60. The SMILES string of the molecule is C=CCN(CC=C)C(=O)/C=C/C(=O)N(CCN(Cc1ccccc1)C(=O)/C=C/C(=O)N(CC=C)CCC)Cc1ccccc1. The van der Waals surface area contributed by atoms with Crippen molar-refractivity contribution in [3.05, 3.63) is 134 Å². The minimum absolute atomic E-state index is 0.202. The van der Waals surface area contributed by atoms with E-state index >= 15 is 0 Å². The lowest BCUT2D eigenvalue weighted by atomic mass is 10.2. The van der Waals surface area contributed by atoms with Gasteiger partial charge in [-0.25, -0.2) is 0 Å². The molecule has 0 unspecified atom stereocenters. The third-order valence-electron chi connectivity index (χ3n) is 6.60. The first kappa shape index (κ1) is 35.2. The Hall–Kier alpha value is -4.98. The van der Waals surface area contributed by atoms with Gasteiger partial charge in [0.1, 0.15) is 0 Å². The standard InChI is InChI=1S/C36H44N4O4/c1-5-23-37(24-6-2)33(41)19-21-35(43)39(29-31-15-11-9-12-16-31)27-28-40(30-32-17-13-10-14-18-32)36(44)22-20-34(42)38(25-7-3)26-8-4/h5-7,9-22H,1-3,8,23-30H2,4H3/b21-19+,22-20+. The number of carbonyl (C=O) groups excluding carboxylic acids is 4. The van der Waals surface area contributed by atoms with Crippen LogP contribution >= 0.6 is 0 Å². The lowest BCUT2D eigenvalue weighted by Gasteiger charge is -2.27. The van der Waals surface area contributed by atoms with Crippen LogP contribution in [-0.2, 0) is 32.3 Å². The molecule has 0 saturated carbocycles. The Kier molecular flexibility index (Phi) is 16.0. The molecule has 0 spiro atoms. The van der Waals surface area contributed by atoms with E-state index in [1.165, 1.54) is 29.2 Å². The summed E-state index contributed by atoms with van der Waals surface area (Å²) in [5.74, 6) is -1.31. The van der Waals surface area contributed by atoms with Crippen LogP contribution < -0.4 is 0 Å². The average molecular weight is 597 g/mol. The second-order valence-electron chi connectivity index (χ2n) is 10.1. The molecule has 0 fully saturated rings. The van der Waals surface area contributed by atoms with Crippen molar-refractivity contribution < 1.29 is 19.2 Å². The maximum absolute atomic E-state index is 13.4. The molecule has 0 heterocycles. The molecule has 0 N–H and O–H groups in total. The molecule has 8 nitrogen and oxygen atoms in total. The number of hydrogen-bond donors (Lipinski definition) is 0. The lowest BCUT2D eigenvalue weighted by molar-refractivity contribution is -0.131. The fourth-order valence-electron chi connectivity index (χ4n) is 4.37. The highest BCUT2D eigenvalue weighted by molar-refractivity contribution is 5.97. The highest BCUT2D eigenvalue weighted by Gasteiger charge is 2.18. The van der Waals surface area contributed by atoms with Crippen LogP contribution in [0.1, 0.15) is 24.5 Å². The molecule has 2 aromatic carbocycles. The summed E-state index contributed by atoms with van der Waals surface area (Å²) in [6, 6.07) is 19.0. The van der Waals surface area contributed by atoms with E-state index in [1.807, 2.05) is 67.6 Å². The zero-order valence-corrected chi connectivity index (χ0v) is 25.7. The van der Waals surface area contributed by atoms with Gasteiger partial charge in [-0.2, -0.15) is 0 Å². The lowest BCUT2D eigenvalue weighted by Crippen LogP contribution is -2.40. The monoisotopic (exact) mass is 596 g/mol. The van der Waals surface area contributed by atoms with E-state index in [0.717, 1.165) is 17.5 Å². The first-order chi connectivity index (χ1) is 21.3. The zero-order chi connectivity index (χ0) is 32.2. The highest BCUT2D eigenvalue weighted by Crippen LogP contribution is 2.10. The van der Waals surface area contributed by atoms with E-state index in [9.17, 15) is 19.2 Å². The fraction of sp³-hybridized carbons (Fsp3) is 0.278. The van der Waals surface area contributed by atoms with Gasteiger partial charge in [-0.05, 0) is 17.5 Å². The molecule has 4 amide bonds. The van der Waals surface area contributed by atoms with Crippen LogP contribution in [0, 0.1) is 0 Å². The first-order valence-electron chi connectivity index (χ1n) is 14.7. The van der Waals surface area contributed by atoms with Gasteiger partial charge in [-0.15, -0.1) is 19.7 Å². The Bertz CT molecular complexity index is 1290. The van der Waals surface area contributed by atoms with E-state index in [4.69, 9.17) is 0 Å². The molecule has 232 valence electrons. The summed E-state index contributed by atoms with van der Waals surface area (Å²) in [5.41, 5.74) is 1.82. The smallest absolute Gasteiger partial charge is 0.247 e. The predicted molar refractivity (Wildman–Crippen MR) is 176 cm³/mol. The van der Waals surface area contributed by atoms with E-state index in [1.54, 1.807) is 32.9 Å². The quantitative estimate of drug-likeness (QED) is 0.173. The normalized spacial score (nSPS) is 10.8. The van der Waals surface area contributed by atoms with Gasteiger partial charge < -0.3 is 19.6 Å². The van der Waals surface area contributed by atoms with Gasteiger partial charge in [0.15, 0.2) is 0 Å². The van der Waals surface area contributed by atoms with Crippen LogP contribution in [0.15, 0.2) is 123 Å². The molecule has 0 aliphatic rings. The van der Waals surface area contributed by atoms with Crippen molar-refractivity contribution in [3.63, 3.8) is 0 Å². The third kappa shape index (κ3) is 12.5. The number of nitrogens with zero attached hydrogens (tertiary/aromatic N) is 4. The van der Waals surface area contributed by atoms with Crippen LogP contribution in [0.4, 0.5) is 0 Å². The van der Waals surface area contributed by atoms with Gasteiger partial charge in [-0.1, -0.05) is 85.8 Å². The van der Waals surface area contributed by atoms with E-state index in [2.05, 4.69) is 19.7 Å². The molecule has 2 rings (SSSR count). The second kappa shape index (κ2) is 20.0. The zero-order valence-electron chi connectivity index (χ0n) is 25.7. The van der Waals surface area contributed by atoms with Gasteiger partial charge in [0, 0.05) is 76.7 Å². The summed E-state index contributed by atoms with van der Waals surface area (Å²) < 4.78 is 0. The van der Waals surface area contributed by atoms with E-state index < -0.39 is 0 Å². The molecule has 0 aliphatic heterocycles. The molecular weight excluding hydrogens is 552 g/mol. The Morgan fingerprint density at radius 1 is 0.523 bits per heavy atom. The van der Waals surface area contributed by atoms with Crippen molar-refractivity contribution in [1.82, 2.24) is 19.6 Å². The van der Waals surface area contributed by atoms with Crippen molar-refractivity contribution in [2.24, 2.45) is 0 Å². The van der Waals surface area contributed by atoms with E-state index in [0.29, 0.717) is 32.7 Å². The molecule has 2 aromatic rings. The first-order valence-corrected chi connectivity index (χ1v) is 14.7. The maximum Gasteiger partial charge on any atom is 0.247 e. The summed E-state index contributed by atoms with van der Waals surface area (Å²) in [4.78, 5) is 58.6. The number of carbonyl (C=O) groups is 4. The molecule has 8 heteroatoms. The summed E-state index contributed by atoms with van der Waals surface area (Å²) in [7, 11) is 0. The fourth-order valence-corrected chi connectivity index (χ4v) is 4.37. The summed E-state index contributed by atoms with van der Waals surface area (Å²) in [6.45, 7) is 15.6. The van der Waals surface area contributed by atoms with Crippen LogP contribution in [0.5, 0.6) is 0 Å². The number of rotatable bonds is 19. The molecule has 44 heavy (non-hydrogen) atoms. The maximum atomic E-state index is 13.4. The Balaban J connectivity index is 2.28. The number of amides is 4. The van der Waals surface area contributed by atoms with Crippen molar-refractivity contribution in [2.45, 2.75) is 26.4 Å². The molecule has 0 radical (unpaired) electrons. The number of benzene rings is 2. The molecule has 0 bridgehead atoms. The number of hydrogen-bond acceptors (Lipinski definition) is 4. The van der Waals surface area contributed by atoms with Gasteiger partial charge in [0.05, 0.1) is 0 Å². The van der Waals surface area contributed by atoms with Crippen molar-refractivity contribution in [3.8, 4) is 0 Å². The molecule has 0 aliphatic carbocycles. The van der Waals surface area contributed by atoms with Gasteiger partial charge in [-0.3, -0.25) is 19.2 Å². The Morgan fingerprint density at radius 3 is 1.23 bits per heavy atom. The van der Waals surface area contributed by atoms with Crippen molar-refractivity contribution in [2.75, 3.05) is 39.3 Å². The van der Waals surface area contributed by atoms with Crippen LogP contribution in [0.3, 0.4) is 0 Å². The second-order valence-corrected chi connectivity index (χ2v) is 10.1. The predicted octanol–water partition coefficient (Wildman–Crippen LogP) is 4.78. The van der Waals surface area contributed by atoms with Crippen LogP contribution in [-0.4, -0.2) is 82.5 Å². The summed E-state index contributed by atoms with van der Waals surface area (Å²) in [6.07, 6.45) is 10.7. The van der Waals surface area contributed by atoms with Gasteiger partial charge in [0.25, 0.3) is 0 Å². The summed E-state index contributed by atoms with van der Waals surface area (Å²) in [5, 5.41) is 0. The van der Waals surface area contributed by atoms with Crippen molar-refractivity contribution >= 4 is 23.6 Å². The van der Waals surface area contributed by atoms with E-state index in [-0.39, 0.29) is 43.3 Å². The van der Waals surface area contributed by atoms with Gasteiger partial charge in [0.2, 0.25) is 23.6 Å². The average Bonchev–Trinajstić information content (AvgIpc) is 3.04. The minimum Gasteiger partial charge on any atom is -0.335 e. The van der Waals surface area contributed by atoms with Crippen LogP contribution in [0.25, 0.3) is 0 Å². The topological polar surface area (TPSA) is 81.2 Å². The Labute approximate surface area is 261 Å².